The largest absolute Gasteiger partial charge is 0.497 e. The van der Waals surface area contributed by atoms with Crippen molar-refractivity contribution in [2.45, 2.75) is 19.4 Å². The van der Waals surface area contributed by atoms with E-state index in [0.29, 0.717) is 28.2 Å². The lowest BCUT2D eigenvalue weighted by Crippen LogP contribution is -2.15. The molecule has 0 amide bonds. The van der Waals surface area contributed by atoms with Crippen molar-refractivity contribution in [3.63, 3.8) is 0 Å². The molecule has 3 aromatic rings. The van der Waals surface area contributed by atoms with Crippen molar-refractivity contribution in [2.24, 2.45) is 0 Å². The minimum Gasteiger partial charge on any atom is -0.497 e. The fourth-order valence-electron chi connectivity index (χ4n) is 4.15. The molecule has 3 heterocycles. The van der Waals surface area contributed by atoms with E-state index in [9.17, 15) is 13.2 Å². The summed E-state index contributed by atoms with van der Waals surface area (Å²) < 4.78 is 50.0. The molecule has 2 aliphatic heterocycles. The molecule has 0 radical (unpaired) electrons. The molecule has 0 unspecified atom stereocenters. The van der Waals surface area contributed by atoms with Gasteiger partial charge in [-0.2, -0.15) is 0 Å². The van der Waals surface area contributed by atoms with Crippen LogP contribution < -0.4 is 4.74 Å². The number of hydrogen-bond donors (Lipinski definition) is 2. The maximum absolute atomic E-state index is 14.8. The lowest BCUT2D eigenvalue weighted by molar-refractivity contribution is 0.0171. The molecule has 5 rings (SSSR count). The molecule has 2 aliphatic rings. The first kappa shape index (κ1) is 28.5. The Balaban J connectivity index is 1.44. The van der Waals surface area contributed by atoms with Crippen molar-refractivity contribution >= 4 is 21.8 Å². The molecule has 0 atom stereocenters. The number of hydrogen-bond acceptors (Lipinski definition) is 8. The maximum Gasteiger partial charge on any atom is 0.271 e. The van der Waals surface area contributed by atoms with Gasteiger partial charge in [0.2, 0.25) is 0 Å². The molecule has 0 bridgehead atoms. The van der Waals surface area contributed by atoms with Crippen LogP contribution >= 0.6 is 11.8 Å². The molecular weight excluding hydrogens is 563 g/mol. The first-order chi connectivity index (χ1) is 20.1. The van der Waals surface area contributed by atoms with Crippen LogP contribution in [0.25, 0.3) is 22.6 Å². The first-order valence-corrected chi connectivity index (χ1v) is 13.2. The molecule has 0 saturated heterocycles. The third-order valence-electron chi connectivity index (χ3n) is 6.09. The Morgan fingerprint density at radius 1 is 1.07 bits per heavy atom. The number of fused-ring (bicyclic) bond motifs is 1. The number of methoxy groups -OCH3 is 1. The van der Waals surface area contributed by atoms with Gasteiger partial charge in [0.05, 0.1) is 41.8 Å². The second-order valence-electron chi connectivity index (χ2n) is 9.13. The Kier molecular flexibility index (Phi) is 8.04. The molecule has 1 aromatic heterocycles. The van der Waals surface area contributed by atoms with Gasteiger partial charge in [-0.3, -0.25) is 10.8 Å². The maximum atomic E-state index is 14.8. The van der Waals surface area contributed by atoms with E-state index in [1.807, 2.05) is 0 Å². The molecule has 0 saturated carbocycles. The number of rotatable bonds is 6. The fraction of sp³-hybridized carbons (Fsp3) is 0.133. The Labute approximate surface area is 243 Å². The molecule has 2 N–H and O–H groups in total. The van der Waals surface area contributed by atoms with Gasteiger partial charge in [-0.25, -0.2) is 33.1 Å². The Morgan fingerprint density at radius 2 is 1.83 bits per heavy atom. The van der Waals surface area contributed by atoms with Gasteiger partial charge < -0.3 is 9.30 Å². The van der Waals surface area contributed by atoms with E-state index < -0.39 is 11.7 Å². The summed E-state index contributed by atoms with van der Waals surface area (Å²) in [5.41, 5.74) is 2.06. The number of thioether (sulfide) groups is 1. The number of benzene rings is 2. The van der Waals surface area contributed by atoms with Crippen molar-refractivity contribution in [3.8, 4) is 40.2 Å². The van der Waals surface area contributed by atoms with Gasteiger partial charge >= 0.3 is 0 Å². The zero-order valence-corrected chi connectivity index (χ0v) is 23.1. The summed E-state index contributed by atoms with van der Waals surface area (Å²) in [5, 5.41) is 16.7. The predicted octanol–water partition coefficient (Wildman–Crippen LogP) is 6.24. The second kappa shape index (κ2) is 11.8. The number of ether oxygens (including phenoxy) is 1. The summed E-state index contributed by atoms with van der Waals surface area (Å²) >= 11 is 0.749. The highest BCUT2D eigenvalue weighted by Gasteiger charge is 2.30. The standard InChI is InChI=1S/C30H22F3N7OS/c1-30(32,33)23-11-19(41-2)8-10-20(23)29(35)42-26(34)15-40-14-25-28(38-17-40)22(9-7-18-12-36-16-37-13-18)27(39-25)21-5-3-4-6-24(21)31/h3-6,8,10-14,16-17,34-35H,15H2,1-2H3. The minimum atomic E-state index is -3.21. The van der Waals surface area contributed by atoms with Crippen LogP contribution in [0.4, 0.5) is 13.2 Å². The summed E-state index contributed by atoms with van der Waals surface area (Å²) in [6.07, 6.45) is 7.62. The van der Waals surface area contributed by atoms with E-state index in [4.69, 9.17) is 15.6 Å². The van der Waals surface area contributed by atoms with Crippen molar-refractivity contribution in [1.29, 1.82) is 10.8 Å². The zero-order valence-electron chi connectivity index (χ0n) is 22.3. The third-order valence-corrected chi connectivity index (χ3v) is 6.89. The van der Waals surface area contributed by atoms with Gasteiger partial charge in [0.15, 0.2) is 0 Å². The molecule has 0 aliphatic carbocycles. The molecule has 0 fully saturated rings. The van der Waals surface area contributed by atoms with Gasteiger partial charge in [-0.05, 0) is 30.3 Å². The first-order valence-electron chi connectivity index (χ1n) is 12.4. The summed E-state index contributed by atoms with van der Waals surface area (Å²) in [4.78, 5) is 17.0. The summed E-state index contributed by atoms with van der Waals surface area (Å²) in [6.45, 7) is 0.744. The van der Waals surface area contributed by atoms with Crippen LogP contribution in [-0.4, -0.2) is 41.7 Å². The van der Waals surface area contributed by atoms with E-state index in [2.05, 4.69) is 31.8 Å². The van der Waals surface area contributed by atoms with Crippen LogP contribution in [0.5, 0.6) is 5.75 Å². The van der Waals surface area contributed by atoms with Crippen molar-refractivity contribution in [2.75, 3.05) is 7.11 Å². The van der Waals surface area contributed by atoms with Crippen LogP contribution in [0.15, 0.2) is 73.7 Å². The fourth-order valence-corrected chi connectivity index (χ4v) is 4.90. The predicted molar refractivity (Wildman–Crippen MR) is 155 cm³/mol. The van der Waals surface area contributed by atoms with Crippen molar-refractivity contribution < 1.29 is 17.9 Å². The van der Waals surface area contributed by atoms with E-state index in [0.717, 1.165) is 18.7 Å². The highest BCUT2D eigenvalue weighted by Crippen LogP contribution is 2.36. The summed E-state index contributed by atoms with van der Waals surface area (Å²) in [5.74, 6) is 2.57. The molecular formula is C30H22F3N7OS. The van der Waals surface area contributed by atoms with E-state index in [1.165, 1.54) is 44.0 Å². The van der Waals surface area contributed by atoms with Gasteiger partial charge in [0, 0.05) is 42.2 Å². The van der Waals surface area contributed by atoms with E-state index >= 15 is 0 Å². The van der Waals surface area contributed by atoms with Gasteiger partial charge in [-0.1, -0.05) is 35.7 Å². The average molecular weight is 586 g/mol. The Morgan fingerprint density at radius 3 is 2.55 bits per heavy atom. The lowest BCUT2D eigenvalue weighted by atomic mass is 10.0. The number of nitrogens with zero attached hydrogens (tertiary/aromatic N) is 5. The van der Waals surface area contributed by atoms with Crippen LogP contribution in [-0.2, 0) is 12.5 Å². The van der Waals surface area contributed by atoms with E-state index in [-0.39, 0.29) is 39.1 Å². The van der Waals surface area contributed by atoms with Gasteiger partial charge in [0.25, 0.3) is 5.92 Å². The topological polar surface area (TPSA) is 113 Å². The smallest absolute Gasteiger partial charge is 0.271 e. The number of nitrogens with one attached hydrogen (secondary N) is 2. The lowest BCUT2D eigenvalue weighted by Gasteiger charge is -2.17. The Bertz CT molecular complexity index is 1820. The SMILES string of the molecule is COc1ccc(C(=N)SC(=N)Cn2cnc3c(C#Cc4cncnc4)c(-c4ccccc4F)nc-3c2)c(C(C)(F)F)c1. The van der Waals surface area contributed by atoms with Gasteiger partial charge in [-0.15, -0.1) is 0 Å². The number of aromatic nitrogens is 5. The molecule has 8 nitrogen and oxygen atoms in total. The van der Waals surface area contributed by atoms with Crippen LogP contribution in [0.3, 0.4) is 0 Å². The van der Waals surface area contributed by atoms with Gasteiger partial charge in [0.1, 0.15) is 34.3 Å². The van der Waals surface area contributed by atoms with E-state index in [1.54, 1.807) is 41.4 Å². The minimum absolute atomic E-state index is 0.00570. The van der Waals surface area contributed by atoms with Crippen LogP contribution in [0.2, 0.25) is 0 Å². The van der Waals surface area contributed by atoms with Crippen molar-refractivity contribution in [1.82, 2.24) is 24.5 Å². The normalized spacial score (nSPS) is 11.2. The average Bonchev–Trinajstić information content (AvgIpc) is 3.33. The zero-order chi connectivity index (χ0) is 29.9. The number of halogens is 3. The highest BCUT2D eigenvalue weighted by molar-refractivity contribution is 8.26. The molecule has 2 aromatic carbocycles. The monoisotopic (exact) mass is 585 g/mol. The summed E-state index contributed by atoms with van der Waals surface area (Å²) in [7, 11) is 1.37. The molecule has 12 heteroatoms. The third kappa shape index (κ3) is 6.16. The van der Waals surface area contributed by atoms with Crippen LogP contribution in [0.1, 0.15) is 29.2 Å². The van der Waals surface area contributed by atoms with Crippen LogP contribution in [0, 0.1) is 28.5 Å². The quantitative estimate of drug-likeness (QED) is 0.139. The molecule has 210 valence electrons. The second-order valence-corrected chi connectivity index (χ2v) is 10.2. The summed E-state index contributed by atoms with van der Waals surface area (Å²) in [6, 6.07) is 10.3. The molecule has 42 heavy (non-hydrogen) atoms. The number of alkyl halides is 2. The molecule has 0 spiro atoms. The van der Waals surface area contributed by atoms with Crippen molar-refractivity contribution in [3.05, 3.63) is 102 Å². The highest BCUT2D eigenvalue weighted by atomic mass is 32.2. The Hall–Kier alpha value is -5.02.